The normalized spacial score (nSPS) is 16.9. The molecule has 0 radical (unpaired) electrons. The Balaban J connectivity index is 3.88. The van der Waals surface area contributed by atoms with E-state index in [-0.39, 0.29) is 0 Å². The maximum Gasteiger partial charge on any atom is 0.228 e. The van der Waals surface area contributed by atoms with Gasteiger partial charge in [-0.3, -0.25) is 0 Å². The lowest BCUT2D eigenvalue weighted by atomic mass is 10.4. The molecule has 0 aromatic heterocycles. The summed E-state index contributed by atoms with van der Waals surface area (Å²) in [6.07, 6.45) is 2.50. The highest BCUT2D eigenvalue weighted by Gasteiger charge is 2.32. The minimum atomic E-state index is -1.60. The van der Waals surface area contributed by atoms with Crippen LogP contribution in [0, 0.1) is 0 Å². The van der Waals surface area contributed by atoms with Crippen LogP contribution in [0.5, 0.6) is 0 Å². The van der Waals surface area contributed by atoms with Gasteiger partial charge in [0, 0.05) is 0 Å². The summed E-state index contributed by atoms with van der Waals surface area (Å²) in [6.45, 7) is 6.64. The third-order valence-corrected chi connectivity index (χ3v) is 8.41. The van der Waals surface area contributed by atoms with Crippen LogP contribution in [0.4, 0.5) is 0 Å². The van der Waals surface area contributed by atoms with Crippen molar-refractivity contribution in [2.45, 2.75) is 45.2 Å². The van der Waals surface area contributed by atoms with Crippen molar-refractivity contribution in [3.05, 3.63) is 0 Å². The lowest BCUT2D eigenvalue weighted by molar-refractivity contribution is 0.834. The summed E-state index contributed by atoms with van der Waals surface area (Å²) in [7, 11) is 0.395. The maximum absolute atomic E-state index is 6.47. The van der Waals surface area contributed by atoms with Crippen LogP contribution in [0.1, 0.15) is 33.6 Å². The lowest BCUT2D eigenvalue weighted by Gasteiger charge is -2.27. The van der Waals surface area contributed by atoms with E-state index in [1.807, 2.05) is 7.05 Å². The van der Waals surface area contributed by atoms with E-state index in [1.165, 1.54) is 18.9 Å². The Hall–Kier alpha value is 0.467. The van der Waals surface area contributed by atoms with E-state index in [0.717, 1.165) is 0 Å². The van der Waals surface area contributed by atoms with Crippen LogP contribution in [0.3, 0.4) is 0 Å². The van der Waals surface area contributed by atoms with E-state index in [4.69, 9.17) is 11.1 Å². The summed E-state index contributed by atoms with van der Waals surface area (Å²) in [6, 6.07) is 1.19. The van der Waals surface area contributed by atoms with Crippen molar-refractivity contribution in [3.63, 3.8) is 0 Å². The van der Waals surface area contributed by atoms with Crippen molar-refractivity contribution < 1.29 is 0 Å². The molecule has 0 saturated heterocycles. The van der Waals surface area contributed by atoms with Gasteiger partial charge in [-0.25, -0.2) is 0 Å². The van der Waals surface area contributed by atoms with Crippen LogP contribution in [0.15, 0.2) is 0 Å². The van der Waals surface area contributed by atoms with Crippen molar-refractivity contribution in [2.75, 3.05) is 7.05 Å². The van der Waals surface area contributed by atoms with Crippen molar-refractivity contribution in [2.24, 2.45) is 0 Å². The molecule has 1 unspecified atom stereocenters. The number of halogens is 1. The molecule has 0 aliphatic rings. The van der Waals surface area contributed by atoms with E-state index in [2.05, 4.69) is 25.8 Å². The third-order valence-electron chi connectivity index (χ3n) is 2.22. The first kappa shape index (κ1) is 11.5. The van der Waals surface area contributed by atoms with Gasteiger partial charge in [0.1, 0.15) is 0 Å². The minimum Gasteiger partial charge on any atom is -0.328 e. The molecule has 3 heteroatoms. The molecule has 0 saturated carbocycles. The Morgan fingerprint density at radius 1 is 1.45 bits per heavy atom. The van der Waals surface area contributed by atoms with E-state index in [9.17, 15) is 0 Å². The van der Waals surface area contributed by atoms with Crippen LogP contribution < -0.4 is 4.98 Å². The van der Waals surface area contributed by atoms with Gasteiger partial charge < -0.3 is 4.98 Å². The molecule has 1 N–H and O–H groups in total. The zero-order chi connectivity index (χ0) is 8.91. The predicted octanol–water partition coefficient (Wildman–Crippen LogP) is 3.10. The fourth-order valence-electron chi connectivity index (χ4n) is 1.14. The Morgan fingerprint density at radius 2 is 2.00 bits per heavy atom. The van der Waals surface area contributed by atoms with Gasteiger partial charge in [-0.2, -0.15) is 0 Å². The fraction of sp³-hybridized carbons (Fsp3) is 1.00. The summed E-state index contributed by atoms with van der Waals surface area (Å²) in [5.41, 5.74) is 0.626. The summed E-state index contributed by atoms with van der Waals surface area (Å²) in [4.78, 5) is 3.32. The Kier molecular flexibility index (Phi) is 5.39. The van der Waals surface area contributed by atoms with Crippen molar-refractivity contribution in [1.82, 2.24) is 4.98 Å². The minimum absolute atomic E-state index is 0.626. The van der Waals surface area contributed by atoms with Crippen molar-refractivity contribution in [1.29, 1.82) is 0 Å². The molecule has 11 heavy (non-hydrogen) atoms. The zero-order valence-electron chi connectivity index (χ0n) is 8.08. The van der Waals surface area contributed by atoms with Crippen LogP contribution >= 0.6 is 11.1 Å². The van der Waals surface area contributed by atoms with Gasteiger partial charge in [0.05, 0.1) is 0 Å². The number of hydrogen-bond donors (Lipinski definition) is 1. The first-order valence-corrected chi connectivity index (χ1v) is 7.74. The van der Waals surface area contributed by atoms with Crippen LogP contribution in [-0.4, -0.2) is 14.6 Å². The van der Waals surface area contributed by atoms with Gasteiger partial charge in [0.2, 0.25) is 7.55 Å². The van der Waals surface area contributed by atoms with E-state index < -0.39 is 7.55 Å². The van der Waals surface area contributed by atoms with Gasteiger partial charge in [0.25, 0.3) is 0 Å². The van der Waals surface area contributed by atoms with Gasteiger partial charge in [0.15, 0.2) is 0 Å². The molecule has 68 valence electrons. The Labute approximate surface area is 76.3 Å². The van der Waals surface area contributed by atoms with Crippen LogP contribution in [0.2, 0.25) is 11.6 Å². The second kappa shape index (κ2) is 5.17. The highest BCUT2D eigenvalue weighted by molar-refractivity contribution is 7.19. The molecule has 1 atom stereocenters. The molecule has 0 heterocycles. The quantitative estimate of drug-likeness (QED) is 0.523. The first-order chi connectivity index (χ1) is 5.06. The summed E-state index contributed by atoms with van der Waals surface area (Å²) >= 11 is 6.47. The Morgan fingerprint density at radius 3 is 2.27 bits per heavy atom. The van der Waals surface area contributed by atoms with E-state index in [1.54, 1.807) is 0 Å². The van der Waals surface area contributed by atoms with Crippen LogP contribution in [-0.2, 0) is 0 Å². The fourth-order valence-corrected chi connectivity index (χ4v) is 3.81. The molecule has 1 nitrogen and oxygen atoms in total. The second-order valence-corrected chi connectivity index (χ2v) is 9.27. The first-order valence-electron chi connectivity index (χ1n) is 4.44. The van der Waals surface area contributed by atoms with Gasteiger partial charge >= 0.3 is 0 Å². The zero-order valence-corrected chi connectivity index (χ0v) is 9.83. The molecular formula is C8H20ClNSi. The average molecular weight is 194 g/mol. The predicted molar refractivity (Wildman–Crippen MR) is 55.5 cm³/mol. The highest BCUT2D eigenvalue weighted by atomic mass is 35.6. The number of hydrogen-bond acceptors (Lipinski definition) is 1. The van der Waals surface area contributed by atoms with Gasteiger partial charge in [-0.1, -0.05) is 33.6 Å². The van der Waals surface area contributed by atoms with Crippen molar-refractivity contribution in [3.8, 4) is 0 Å². The van der Waals surface area contributed by atoms with Gasteiger partial charge in [-0.15, -0.1) is 11.1 Å². The second-order valence-electron chi connectivity index (χ2n) is 3.37. The smallest absolute Gasteiger partial charge is 0.228 e. The molecule has 0 fully saturated rings. The molecule has 0 aromatic rings. The number of nitrogens with one attached hydrogen (secondary N) is 1. The molecule has 0 amide bonds. The van der Waals surface area contributed by atoms with Crippen LogP contribution in [0.25, 0.3) is 0 Å². The standard InChI is InChI=1S/C8H20ClNSi/c1-5-6-7-11(9,10-4)8(2)3/h8,10H,5-7H2,1-4H3. The number of rotatable bonds is 5. The van der Waals surface area contributed by atoms with E-state index in [0.29, 0.717) is 5.54 Å². The Bertz CT molecular complexity index is 108. The van der Waals surface area contributed by atoms with Gasteiger partial charge in [-0.05, 0) is 18.6 Å². The molecule has 0 spiro atoms. The van der Waals surface area contributed by atoms with E-state index >= 15 is 0 Å². The lowest BCUT2D eigenvalue weighted by Crippen LogP contribution is -2.45. The topological polar surface area (TPSA) is 12.0 Å². The molecule has 0 rings (SSSR count). The third kappa shape index (κ3) is 3.59. The molecule has 0 aliphatic heterocycles. The molecule has 0 aromatic carbocycles. The molecular weight excluding hydrogens is 174 g/mol. The number of unbranched alkanes of at least 4 members (excludes halogenated alkanes) is 1. The summed E-state index contributed by atoms with van der Waals surface area (Å²) < 4.78 is 0. The molecule has 0 aliphatic carbocycles. The average Bonchev–Trinajstić information content (AvgIpc) is 2.00. The highest BCUT2D eigenvalue weighted by Crippen LogP contribution is 2.27. The monoisotopic (exact) mass is 193 g/mol. The largest absolute Gasteiger partial charge is 0.328 e. The SMILES string of the molecule is CCCC[Si](Cl)(NC)C(C)C. The summed E-state index contributed by atoms with van der Waals surface area (Å²) in [5.74, 6) is 0. The molecule has 0 bridgehead atoms. The summed E-state index contributed by atoms with van der Waals surface area (Å²) in [5, 5.41) is 0. The van der Waals surface area contributed by atoms with Crippen molar-refractivity contribution >= 4 is 18.6 Å². The maximum atomic E-state index is 6.47.